The lowest BCUT2D eigenvalue weighted by Crippen LogP contribution is -2.42. The predicted octanol–water partition coefficient (Wildman–Crippen LogP) is 3.44. The summed E-state index contributed by atoms with van der Waals surface area (Å²) in [6, 6.07) is 10.8. The highest BCUT2D eigenvalue weighted by molar-refractivity contribution is 5.28. The van der Waals surface area contributed by atoms with Gasteiger partial charge in [-0.3, -0.25) is 5.32 Å². The second-order valence-electron chi connectivity index (χ2n) is 5.60. The average Bonchev–Trinajstić information content (AvgIpc) is 2.85. The molecule has 0 bridgehead atoms. The molecule has 2 rings (SSSR count). The molecule has 1 aromatic carbocycles. The van der Waals surface area contributed by atoms with Crippen molar-refractivity contribution in [1.82, 2.24) is 5.32 Å². The van der Waals surface area contributed by atoms with Gasteiger partial charge in [0.15, 0.2) is 0 Å². The summed E-state index contributed by atoms with van der Waals surface area (Å²) in [6.07, 6.45) is 5.00. The molecule has 0 saturated heterocycles. The van der Waals surface area contributed by atoms with Crippen molar-refractivity contribution >= 4 is 0 Å². The molecule has 2 unspecified atom stereocenters. The Balaban J connectivity index is 1.93. The van der Waals surface area contributed by atoms with Crippen LogP contribution in [-0.4, -0.2) is 18.2 Å². The van der Waals surface area contributed by atoms with Gasteiger partial charge in [0, 0.05) is 6.42 Å². The van der Waals surface area contributed by atoms with Gasteiger partial charge in [0.05, 0.1) is 6.07 Å². The Morgan fingerprint density at radius 2 is 2.10 bits per heavy atom. The summed E-state index contributed by atoms with van der Waals surface area (Å²) in [6.45, 7) is 5.05. The molecule has 0 aliphatic heterocycles. The van der Waals surface area contributed by atoms with Gasteiger partial charge < -0.3 is 4.74 Å². The van der Waals surface area contributed by atoms with Gasteiger partial charge in [-0.25, -0.2) is 0 Å². The number of rotatable bonds is 6. The normalized spacial score (nSPS) is 25.4. The van der Waals surface area contributed by atoms with E-state index in [2.05, 4.69) is 30.4 Å². The van der Waals surface area contributed by atoms with Gasteiger partial charge in [-0.2, -0.15) is 5.26 Å². The third-order valence-corrected chi connectivity index (χ3v) is 3.96. The first-order valence-electron chi connectivity index (χ1n) is 7.63. The van der Waals surface area contributed by atoms with E-state index < -0.39 is 0 Å². The second kappa shape index (κ2) is 6.76. The molecule has 1 N–H and O–H groups in total. The summed E-state index contributed by atoms with van der Waals surface area (Å²) in [4.78, 5) is 0. The number of nitrogens with zero attached hydrogens (tertiary/aromatic N) is 1. The number of ether oxygens (including phenoxy) is 1. The Labute approximate surface area is 121 Å². The Morgan fingerprint density at radius 1 is 1.35 bits per heavy atom. The highest BCUT2D eigenvalue weighted by Gasteiger charge is 2.39. The van der Waals surface area contributed by atoms with Crippen LogP contribution < -0.4 is 10.1 Å². The van der Waals surface area contributed by atoms with Crippen LogP contribution in [0.5, 0.6) is 5.75 Å². The minimum atomic E-state index is -0.387. The maximum Gasteiger partial charge on any atom is 0.119 e. The van der Waals surface area contributed by atoms with Gasteiger partial charge in [0.25, 0.3) is 0 Å². The van der Waals surface area contributed by atoms with E-state index in [1.807, 2.05) is 19.1 Å². The molecule has 0 spiro atoms. The summed E-state index contributed by atoms with van der Waals surface area (Å²) in [5, 5.41) is 12.7. The zero-order valence-electron chi connectivity index (χ0n) is 12.5. The number of benzene rings is 1. The molecule has 20 heavy (non-hydrogen) atoms. The van der Waals surface area contributed by atoms with Crippen molar-refractivity contribution in [2.75, 3.05) is 6.54 Å². The zero-order valence-corrected chi connectivity index (χ0v) is 12.5. The maximum atomic E-state index is 9.36. The summed E-state index contributed by atoms with van der Waals surface area (Å²) in [5.41, 5.74) is 0.965. The minimum absolute atomic E-state index is 0.144. The summed E-state index contributed by atoms with van der Waals surface area (Å²) in [5.74, 6) is 0.917. The minimum Gasteiger partial charge on any atom is -0.490 e. The van der Waals surface area contributed by atoms with E-state index in [4.69, 9.17) is 4.74 Å². The van der Waals surface area contributed by atoms with Crippen LogP contribution in [0.4, 0.5) is 0 Å². The van der Waals surface area contributed by atoms with E-state index in [9.17, 15) is 5.26 Å². The summed E-state index contributed by atoms with van der Waals surface area (Å²) >= 11 is 0. The maximum absolute atomic E-state index is 9.36. The Bertz CT molecular complexity index is 463. The van der Waals surface area contributed by atoms with Gasteiger partial charge in [-0.15, -0.1) is 0 Å². The molecule has 108 valence electrons. The summed E-state index contributed by atoms with van der Waals surface area (Å²) in [7, 11) is 0. The first kappa shape index (κ1) is 14.9. The van der Waals surface area contributed by atoms with E-state index in [0.29, 0.717) is 0 Å². The summed E-state index contributed by atoms with van der Waals surface area (Å²) < 4.78 is 6.02. The molecule has 1 saturated carbocycles. The molecule has 0 amide bonds. The van der Waals surface area contributed by atoms with Crippen LogP contribution in [0.25, 0.3) is 0 Å². The van der Waals surface area contributed by atoms with Crippen molar-refractivity contribution < 1.29 is 4.74 Å². The zero-order chi connectivity index (χ0) is 14.4. The van der Waals surface area contributed by atoms with Crippen LogP contribution in [0.15, 0.2) is 24.3 Å². The molecule has 2 atom stereocenters. The van der Waals surface area contributed by atoms with Gasteiger partial charge in [-0.05, 0) is 43.5 Å². The van der Waals surface area contributed by atoms with Crippen LogP contribution in [0.3, 0.4) is 0 Å². The third-order valence-electron chi connectivity index (χ3n) is 3.96. The largest absolute Gasteiger partial charge is 0.490 e. The molecule has 1 fully saturated rings. The van der Waals surface area contributed by atoms with Crippen LogP contribution >= 0.6 is 0 Å². The second-order valence-corrected chi connectivity index (χ2v) is 5.60. The first-order chi connectivity index (χ1) is 9.71. The molecule has 1 aliphatic rings. The Morgan fingerprint density at radius 3 is 2.70 bits per heavy atom. The third kappa shape index (κ3) is 3.52. The SMILES string of the molecule is CCCc1ccc(OC2CCC(C#N)(NCC)C2)cc1. The van der Waals surface area contributed by atoms with Crippen LogP contribution in [0.2, 0.25) is 0 Å². The highest BCUT2D eigenvalue weighted by atomic mass is 16.5. The lowest BCUT2D eigenvalue weighted by Gasteiger charge is -2.22. The van der Waals surface area contributed by atoms with Gasteiger partial charge in [0.1, 0.15) is 17.4 Å². The quantitative estimate of drug-likeness (QED) is 0.862. The van der Waals surface area contributed by atoms with Crippen LogP contribution in [0.1, 0.15) is 45.1 Å². The molecule has 1 aromatic rings. The lowest BCUT2D eigenvalue weighted by molar-refractivity contribution is 0.201. The van der Waals surface area contributed by atoms with Crippen molar-refractivity contribution in [2.24, 2.45) is 0 Å². The van der Waals surface area contributed by atoms with E-state index >= 15 is 0 Å². The van der Waals surface area contributed by atoms with Crippen molar-refractivity contribution in [1.29, 1.82) is 5.26 Å². The molecule has 0 radical (unpaired) electrons. The Hall–Kier alpha value is -1.53. The molecule has 0 heterocycles. The van der Waals surface area contributed by atoms with E-state index in [1.54, 1.807) is 0 Å². The van der Waals surface area contributed by atoms with Crippen LogP contribution in [0, 0.1) is 11.3 Å². The van der Waals surface area contributed by atoms with Crippen molar-refractivity contribution in [2.45, 2.75) is 57.6 Å². The Kier molecular flexibility index (Phi) is 5.03. The lowest BCUT2D eigenvalue weighted by atomic mass is 10.00. The monoisotopic (exact) mass is 272 g/mol. The number of aryl methyl sites for hydroxylation is 1. The highest BCUT2D eigenvalue weighted by Crippen LogP contribution is 2.32. The molecule has 3 nitrogen and oxygen atoms in total. The molecule has 3 heteroatoms. The fraction of sp³-hybridized carbons (Fsp3) is 0.588. The average molecular weight is 272 g/mol. The van der Waals surface area contributed by atoms with Crippen molar-refractivity contribution in [3.63, 3.8) is 0 Å². The predicted molar refractivity (Wildman–Crippen MR) is 80.7 cm³/mol. The molecular weight excluding hydrogens is 248 g/mol. The fourth-order valence-corrected chi connectivity index (χ4v) is 2.96. The topological polar surface area (TPSA) is 45.0 Å². The van der Waals surface area contributed by atoms with E-state index in [0.717, 1.165) is 44.4 Å². The van der Waals surface area contributed by atoms with Gasteiger partial charge in [-0.1, -0.05) is 32.4 Å². The molecule has 1 aliphatic carbocycles. The molecule has 0 aromatic heterocycles. The molecular formula is C17H24N2O. The van der Waals surface area contributed by atoms with Crippen LogP contribution in [-0.2, 0) is 6.42 Å². The van der Waals surface area contributed by atoms with Gasteiger partial charge >= 0.3 is 0 Å². The first-order valence-corrected chi connectivity index (χ1v) is 7.63. The van der Waals surface area contributed by atoms with Crippen molar-refractivity contribution in [3.05, 3.63) is 29.8 Å². The number of hydrogen-bond donors (Lipinski definition) is 1. The van der Waals surface area contributed by atoms with Gasteiger partial charge in [0.2, 0.25) is 0 Å². The number of nitriles is 1. The van der Waals surface area contributed by atoms with E-state index in [-0.39, 0.29) is 11.6 Å². The fourth-order valence-electron chi connectivity index (χ4n) is 2.96. The van der Waals surface area contributed by atoms with Crippen molar-refractivity contribution in [3.8, 4) is 11.8 Å². The smallest absolute Gasteiger partial charge is 0.119 e. The standard InChI is InChI=1S/C17H24N2O/c1-3-5-14-6-8-15(9-7-14)20-16-10-11-17(12-16,13-18)19-4-2/h6-9,16,19H,3-5,10-12H2,1-2H3. The number of hydrogen-bond acceptors (Lipinski definition) is 3. The number of nitrogens with one attached hydrogen (secondary N) is 1. The van der Waals surface area contributed by atoms with E-state index in [1.165, 1.54) is 5.56 Å².